The molecule has 2 aromatic rings. The Labute approximate surface area is 166 Å². The largest absolute Gasteiger partial charge is 0.497 e. The number of benzene rings is 1. The van der Waals surface area contributed by atoms with Gasteiger partial charge in [0.15, 0.2) is 0 Å². The summed E-state index contributed by atoms with van der Waals surface area (Å²) in [7, 11) is 1.71. The number of amides is 1. The van der Waals surface area contributed by atoms with Crippen LogP contribution in [0.2, 0.25) is 0 Å². The Morgan fingerprint density at radius 3 is 2.75 bits per heavy atom. The lowest BCUT2D eigenvalue weighted by Gasteiger charge is -2.51. The quantitative estimate of drug-likeness (QED) is 0.817. The molecule has 0 spiro atoms. The van der Waals surface area contributed by atoms with Gasteiger partial charge in [0.1, 0.15) is 12.3 Å². The second kappa shape index (κ2) is 6.92. The van der Waals surface area contributed by atoms with Crippen molar-refractivity contribution < 1.29 is 9.53 Å². The predicted octanol–water partition coefficient (Wildman–Crippen LogP) is 2.29. The van der Waals surface area contributed by atoms with Crippen molar-refractivity contribution in [1.29, 1.82) is 0 Å². The Bertz CT molecular complexity index is 871. The molecule has 148 valence electrons. The third-order valence-electron chi connectivity index (χ3n) is 6.91. The average molecular weight is 380 g/mol. The number of hydrogen-bond donors (Lipinski definition) is 0. The number of ether oxygens (including phenoxy) is 1. The molecule has 3 atom stereocenters. The maximum atomic E-state index is 13.3. The molecule has 1 amide bonds. The summed E-state index contributed by atoms with van der Waals surface area (Å²) in [5.74, 6) is 2.04. The van der Waals surface area contributed by atoms with Gasteiger partial charge in [-0.05, 0) is 62.5 Å². The lowest BCUT2D eigenvalue weighted by Crippen LogP contribution is -2.61. The number of likely N-dealkylation sites (tertiary alicyclic amines) is 1. The number of fused-ring (bicyclic) bond motifs is 2. The molecule has 0 saturated carbocycles. The van der Waals surface area contributed by atoms with Crippen LogP contribution < -0.4 is 4.74 Å². The van der Waals surface area contributed by atoms with Gasteiger partial charge in [-0.1, -0.05) is 12.1 Å². The average Bonchev–Trinajstić information content (AvgIpc) is 3.34. The maximum absolute atomic E-state index is 13.3. The minimum Gasteiger partial charge on any atom is -0.497 e. The molecule has 1 aromatic heterocycles. The highest BCUT2D eigenvalue weighted by Crippen LogP contribution is 2.46. The first-order valence-electron chi connectivity index (χ1n) is 10.3. The van der Waals surface area contributed by atoms with Crippen molar-refractivity contribution in [3.63, 3.8) is 0 Å². The van der Waals surface area contributed by atoms with Gasteiger partial charge in [0.25, 0.3) is 0 Å². The van der Waals surface area contributed by atoms with E-state index in [0.29, 0.717) is 30.5 Å². The van der Waals surface area contributed by atoms with Crippen molar-refractivity contribution >= 4 is 5.91 Å². The van der Waals surface area contributed by atoms with Crippen LogP contribution in [-0.2, 0) is 11.3 Å². The maximum Gasteiger partial charge on any atom is 0.244 e. The number of aryl methyl sites for hydroxylation is 1. The molecule has 1 aromatic carbocycles. The summed E-state index contributed by atoms with van der Waals surface area (Å²) in [6, 6.07) is 11.1. The van der Waals surface area contributed by atoms with Crippen LogP contribution in [0, 0.1) is 12.8 Å². The monoisotopic (exact) mass is 380 g/mol. The minimum absolute atomic E-state index is 0.192. The molecule has 4 fully saturated rings. The van der Waals surface area contributed by atoms with Crippen LogP contribution in [0.25, 0.3) is 0 Å². The fourth-order valence-electron chi connectivity index (χ4n) is 5.65. The number of aromatic nitrogens is 2. The van der Waals surface area contributed by atoms with Gasteiger partial charge in [-0.15, -0.1) is 0 Å². The Morgan fingerprint density at radius 1 is 1.21 bits per heavy atom. The highest BCUT2D eigenvalue weighted by Gasteiger charge is 2.54. The van der Waals surface area contributed by atoms with E-state index >= 15 is 0 Å². The molecule has 0 unspecified atom stereocenters. The van der Waals surface area contributed by atoms with Gasteiger partial charge in [0, 0.05) is 24.7 Å². The molecule has 4 aliphatic heterocycles. The van der Waals surface area contributed by atoms with Crippen LogP contribution in [0.4, 0.5) is 0 Å². The smallest absolute Gasteiger partial charge is 0.244 e. The number of piperidine rings is 3. The predicted molar refractivity (Wildman–Crippen MR) is 106 cm³/mol. The van der Waals surface area contributed by atoms with Crippen LogP contribution in [0.3, 0.4) is 0 Å². The molecule has 0 radical (unpaired) electrons. The number of methoxy groups -OCH3 is 1. The van der Waals surface area contributed by atoms with Crippen molar-refractivity contribution in [2.24, 2.45) is 5.92 Å². The van der Waals surface area contributed by atoms with Crippen molar-refractivity contribution in [3.8, 4) is 5.75 Å². The molecular weight excluding hydrogens is 352 g/mol. The Morgan fingerprint density at radius 2 is 2.04 bits per heavy atom. The zero-order valence-electron chi connectivity index (χ0n) is 16.6. The van der Waals surface area contributed by atoms with Crippen LogP contribution in [0.1, 0.15) is 30.0 Å². The molecule has 28 heavy (non-hydrogen) atoms. The lowest BCUT2D eigenvalue weighted by molar-refractivity contribution is -0.136. The third kappa shape index (κ3) is 2.91. The van der Waals surface area contributed by atoms with E-state index in [0.717, 1.165) is 31.1 Å². The summed E-state index contributed by atoms with van der Waals surface area (Å²) in [6.45, 7) is 5.39. The van der Waals surface area contributed by atoms with Gasteiger partial charge in [-0.25, -0.2) is 0 Å². The normalized spacial score (nSPS) is 31.1. The summed E-state index contributed by atoms with van der Waals surface area (Å²) in [6.07, 6.45) is 4.31. The zero-order valence-corrected chi connectivity index (χ0v) is 16.6. The van der Waals surface area contributed by atoms with E-state index in [-0.39, 0.29) is 5.91 Å². The molecule has 0 aliphatic carbocycles. The van der Waals surface area contributed by atoms with E-state index < -0.39 is 0 Å². The van der Waals surface area contributed by atoms with Gasteiger partial charge >= 0.3 is 0 Å². The van der Waals surface area contributed by atoms with Gasteiger partial charge in [-0.3, -0.25) is 14.4 Å². The summed E-state index contributed by atoms with van der Waals surface area (Å²) in [5.41, 5.74) is 2.23. The van der Waals surface area contributed by atoms with E-state index in [2.05, 4.69) is 33.1 Å². The first-order chi connectivity index (χ1) is 13.6. The summed E-state index contributed by atoms with van der Waals surface area (Å²) in [4.78, 5) is 18.1. The third-order valence-corrected chi connectivity index (χ3v) is 6.91. The van der Waals surface area contributed by atoms with Gasteiger partial charge in [0.05, 0.1) is 18.8 Å². The minimum atomic E-state index is 0.192. The first kappa shape index (κ1) is 17.7. The Kier molecular flexibility index (Phi) is 4.38. The van der Waals surface area contributed by atoms with Crippen molar-refractivity contribution in [2.45, 2.75) is 44.3 Å². The molecular formula is C22H28N4O2. The molecule has 6 rings (SSSR count). The molecule has 4 aliphatic rings. The fraction of sp³-hybridized carbons (Fsp3) is 0.545. The van der Waals surface area contributed by atoms with E-state index in [9.17, 15) is 4.79 Å². The summed E-state index contributed by atoms with van der Waals surface area (Å²) >= 11 is 0. The van der Waals surface area contributed by atoms with Gasteiger partial charge in [-0.2, -0.15) is 5.10 Å². The highest BCUT2D eigenvalue weighted by molar-refractivity contribution is 5.77. The Hall–Kier alpha value is -2.34. The molecule has 2 bridgehead atoms. The van der Waals surface area contributed by atoms with Crippen molar-refractivity contribution in [2.75, 3.05) is 26.7 Å². The van der Waals surface area contributed by atoms with E-state index in [1.165, 1.54) is 18.4 Å². The highest BCUT2D eigenvalue weighted by atomic mass is 16.5. The molecule has 6 nitrogen and oxygen atoms in total. The number of carbonyl (C=O) groups excluding carboxylic acids is 1. The number of rotatable bonds is 4. The van der Waals surface area contributed by atoms with Crippen LogP contribution in [-0.4, -0.2) is 64.3 Å². The van der Waals surface area contributed by atoms with Crippen LogP contribution in [0.5, 0.6) is 5.75 Å². The number of hydrogen-bond acceptors (Lipinski definition) is 4. The SMILES string of the molecule is COc1cccc([C@H]2CN(C(=O)Cn3ccc(C)n3)[C@@H]3C4CCN(CC4)[C@H]23)c1. The van der Waals surface area contributed by atoms with Gasteiger partial charge in [0.2, 0.25) is 5.91 Å². The summed E-state index contributed by atoms with van der Waals surface area (Å²) < 4.78 is 7.23. The molecule has 5 heterocycles. The fourth-order valence-corrected chi connectivity index (χ4v) is 5.65. The second-order valence-corrected chi connectivity index (χ2v) is 8.44. The lowest BCUT2D eigenvalue weighted by atomic mass is 9.75. The second-order valence-electron chi connectivity index (χ2n) is 8.44. The van der Waals surface area contributed by atoms with Gasteiger partial charge < -0.3 is 9.64 Å². The van der Waals surface area contributed by atoms with Crippen LogP contribution in [0.15, 0.2) is 36.5 Å². The molecule has 4 saturated heterocycles. The standard InChI is InChI=1S/C22H28N4O2/c1-15-6-11-25(23-15)14-20(27)26-13-19(17-4-3-5-18(12-17)28-2)22-21(26)16-7-9-24(22)10-8-16/h3-6,11-12,16,19,21-22H,7-10,13-14H2,1-2H3/t19-,21-,22-/m1/s1. The van der Waals surface area contributed by atoms with E-state index in [1.807, 2.05) is 25.3 Å². The first-order valence-corrected chi connectivity index (χ1v) is 10.3. The van der Waals surface area contributed by atoms with Crippen molar-refractivity contribution in [1.82, 2.24) is 19.6 Å². The topological polar surface area (TPSA) is 50.6 Å². The number of nitrogens with zero attached hydrogens (tertiary/aromatic N) is 4. The van der Waals surface area contributed by atoms with E-state index in [1.54, 1.807) is 11.8 Å². The zero-order chi connectivity index (χ0) is 19.3. The van der Waals surface area contributed by atoms with Crippen LogP contribution >= 0.6 is 0 Å². The number of carbonyl (C=O) groups is 1. The van der Waals surface area contributed by atoms with Crippen molar-refractivity contribution in [3.05, 3.63) is 47.8 Å². The van der Waals surface area contributed by atoms with E-state index in [4.69, 9.17) is 4.74 Å². The summed E-state index contributed by atoms with van der Waals surface area (Å²) in [5, 5.41) is 4.42. The molecule has 0 N–H and O–H groups in total. The molecule has 6 heteroatoms. The Balaban J connectivity index is 1.45.